The Morgan fingerprint density at radius 1 is 1.42 bits per heavy atom. The lowest BCUT2D eigenvalue weighted by atomic mass is 9.65. The summed E-state index contributed by atoms with van der Waals surface area (Å²) in [7, 11) is 0. The van der Waals surface area contributed by atoms with Crippen molar-refractivity contribution in [2.75, 3.05) is 0 Å². The highest BCUT2D eigenvalue weighted by Crippen LogP contribution is 2.64. The van der Waals surface area contributed by atoms with Crippen molar-refractivity contribution in [2.45, 2.75) is 40.0 Å². The molecule has 0 saturated heterocycles. The van der Waals surface area contributed by atoms with E-state index in [1.54, 1.807) is 0 Å². The molecule has 12 heavy (non-hydrogen) atoms. The number of hydrogen-bond acceptors (Lipinski definition) is 1. The highest BCUT2D eigenvalue weighted by atomic mass is 16.1. The SMILES string of the molecule is C[C@H]1C(C)(C)[C@H]2CC[C@@]1(C=O)C2. The molecule has 0 heterocycles. The fourth-order valence-corrected chi connectivity index (χ4v) is 3.44. The van der Waals surface area contributed by atoms with Gasteiger partial charge in [0.1, 0.15) is 6.29 Å². The third-order valence-electron chi connectivity index (χ3n) is 4.85. The van der Waals surface area contributed by atoms with Crippen molar-refractivity contribution in [3.8, 4) is 0 Å². The average molecular weight is 166 g/mol. The van der Waals surface area contributed by atoms with Crippen molar-refractivity contribution in [2.24, 2.45) is 22.7 Å². The van der Waals surface area contributed by atoms with Crippen LogP contribution in [0.3, 0.4) is 0 Å². The largest absolute Gasteiger partial charge is 0.303 e. The van der Waals surface area contributed by atoms with Crippen LogP contribution in [-0.4, -0.2) is 6.29 Å². The van der Waals surface area contributed by atoms with Crippen molar-refractivity contribution in [1.29, 1.82) is 0 Å². The molecule has 0 spiro atoms. The van der Waals surface area contributed by atoms with Gasteiger partial charge in [0.15, 0.2) is 0 Å². The monoisotopic (exact) mass is 166 g/mol. The molecule has 0 radical (unpaired) electrons. The second-order valence-corrected chi connectivity index (χ2v) is 5.33. The number of rotatable bonds is 1. The van der Waals surface area contributed by atoms with E-state index < -0.39 is 0 Å². The molecule has 2 aliphatic rings. The Hall–Kier alpha value is -0.330. The molecule has 1 nitrogen and oxygen atoms in total. The van der Waals surface area contributed by atoms with E-state index >= 15 is 0 Å². The van der Waals surface area contributed by atoms with E-state index in [9.17, 15) is 4.79 Å². The predicted octanol–water partition coefficient (Wildman–Crippen LogP) is 2.65. The first-order valence-electron chi connectivity index (χ1n) is 4.99. The zero-order valence-corrected chi connectivity index (χ0v) is 8.26. The summed E-state index contributed by atoms with van der Waals surface area (Å²) < 4.78 is 0. The summed E-state index contributed by atoms with van der Waals surface area (Å²) in [4.78, 5) is 11.1. The van der Waals surface area contributed by atoms with Crippen molar-refractivity contribution in [1.82, 2.24) is 0 Å². The molecule has 2 saturated carbocycles. The second kappa shape index (κ2) is 2.12. The Bertz CT molecular complexity index is 219. The first-order chi connectivity index (χ1) is 5.53. The van der Waals surface area contributed by atoms with E-state index in [-0.39, 0.29) is 5.41 Å². The van der Waals surface area contributed by atoms with E-state index in [1.165, 1.54) is 12.7 Å². The van der Waals surface area contributed by atoms with Gasteiger partial charge in [-0.3, -0.25) is 0 Å². The average Bonchev–Trinajstić information content (AvgIpc) is 2.53. The predicted molar refractivity (Wildman–Crippen MR) is 48.8 cm³/mol. The molecule has 1 heteroatoms. The van der Waals surface area contributed by atoms with Crippen LogP contribution in [0.15, 0.2) is 0 Å². The smallest absolute Gasteiger partial charge is 0.126 e. The van der Waals surface area contributed by atoms with Gasteiger partial charge in [0.05, 0.1) is 0 Å². The Morgan fingerprint density at radius 3 is 2.42 bits per heavy atom. The van der Waals surface area contributed by atoms with Gasteiger partial charge in [-0.1, -0.05) is 20.8 Å². The van der Waals surface area contributed by atoms with Crippen LogP contribution in [0.4, 0.5) is 0 Å². The van der Waals surface area contributed by atoms with Crippen LogP contribution in [-0.2, 0) is 4.79 Å². The molecule has 3 atom stereocenters. The molecule has 0 aromatic heterocycles. The van der Waals surface area contributed by atoms with E-state index in [2.05, 4.69) is 20.8 Å². The molecule has 68 valence electrons. The van der Waals surface area contributed by atoms with Gasteiger partial charge in [-0.05, 0) is 36.5 Å². The maximum Gasteiger partial charge on any atom is 0.126 e. The van der Waals surface area contributed by atoms with Crippen molar-refractivity contribution < 1.29 is 4.79 Å². The highest BCUT2D eigenvalue weighted by Gasteiger charge is 2.59. The molecule has 0 unspecified atom stereocenters. The normalized spacial score (nSPS) is 49.6. The Balaban J connectivity index is 2.37. The number of carbonyl (C=O) groups is 1. The van der Waals surface area contributed by atoms with Crippen molar-refractivity contribution in [3.05, 3.63) is 0 Å². The zero-order chi connectivity index (χ0) is 8.98. The topological polar surface area (TPSA) is 17.1 Å². The Morgan fingerprint density at radius 2 is 2.08 bits per heavy atom. The minimum Gasteiger partial charge on any atom is -0.303 e. The molecule has 0 aromatic rings. The minimum absolute atomic E-state index is 0.0637. The fourth-order valence-electron chi connectivity index (χ4n) is 3.44. The quantitative estimate of drug-likeness (QED) is 0.547. The maximum absolute atomic E-state index is 11.1. The molecular formula is C11H18O. The van der Waals surface area contributed by atoms with Gasteiger partial charge >= 0.3 is 0 Å². The fraction of sp³-hybridized carbons (Fsp3) is 0.909. The van der Waals surface area contributed by atoms with Gasteiger partial charge in [0.2, 0.25) is 0 Å². The van der Waals surface area contributed by atoms with Crippen LogP contribution in [0.1, 0.15) is 40.0 Å². The molecule has 2 aliphatic carbocycles. The Kier molecular flexibility index (Phi) is 1.47. The van der Waals surface area contributed by atoms with Crippen LogP contribution in [0.2, 0.25) is 0 Å². The van der Waals surface area contributed by atoms with Gasteiger partial charge in [-0.25, -0.2) is 0 Å². The number of fused-ring (bicyclic) bond motifs is 2. The van der Waals surface area contributed by atoms with Gasteiger partial charge in [-0.15, -0.1) is 0 Å². The van der Waals surface area contributed by atoms with Gasteiger partial charge < -0.3 is 4.79 Å². The first kappa shape index (κ1) is 8.28. The van der Waals surface area contributed by atoms with Crippen LogP contribution >= 0.6 is 0 Å². The minimum atomic E-state index is 0.0637. The van der Waals surface area contributed by atoms with E-state index in [1.807, 2.05) is 0 Å². The van der Waals surface area contributed by atoms with E-state index in [0.29, 0.717) is 11.3 Å². The molecule has 2 fully saturated rings. The molecule has 0 aliphatic heterocycles. The lowest BCUT2D eigenvalue weighted by molar-refractivity contribution is -0.119. The van der Waals surface area contributed by atoms with Gasteiger partial charge in [-0.2, -0.15) is 0 Å². The summed E-state index contributed by atoms with van der Waals surface area (Å²) >= 11 is 0. The van der Waals surface area contributed by atoms with E-state index in [0.717, 1.165) is 18.8 Å². The van der Waals surface area contributed by atoms with Gasteiger partial charge in [0.25, 0.3) is 0 Å². The van der Waals surface area contributed by atoms with E-state index in [4.69, 9.17) is 0 Å². The van der Waals surface area contributed by atoms with Gasteiger partial charge in [0, 0.05) is 5.41 Å². The molecular weight excluding hydrogens is 148 g/mol. The summed E-state index contributed by atoms with van der Waals surface area (Å²) in [6.45, 7) is 6.91. The van der Waals surface area contributed by atoms with Crippen molar-refractivity contribution >= 4 is 6.29 Å². The van der Waals surface area contributed by atoms with Crippen LogP contribution in [0.25, 0.3) is 0 Å². The van der Waals surface area contributed by atoms with Crippen LogP contribution in [0.5, 0.6) is 0 Å². The lowest BCUT2D eigenvalue weighted by Crippen LogP contribution is -2.35. The third kappa shape index (κ3) is 0.725. The maximum atomic E-state index is 11.1. The summed E-state index contributed by atoms with van der Waals surface area (Å²) in [6, 6.07) is 0. The number of carbonyl (C=O) groups excluding carboxylic acids is 1. The summed E-state index contributed by atoms with van der Waals surface area (Å²) in [5.74, 6) is 1.39. The summed E-state index contributed by atoms with van der Waals surface area (Å²) in [5, 5.41) is 0. The standard InChI is InChI=1S/C11H18O/c1-8-10(2,3)9-4-5-11(8,6-9)7-12/h7-9H,4-6H2,1-3H3/t8-,9-,11-/m0/s1. The second-order valence-electron chi connectivity index (χ2n) is 5.33. The molecule has 2 bridgehead atoms. The zero-order valence-electron chi connectivity index (χ0n) is 8.26. The number of aldehydes is 1. The summed E-state index contributed by atoms with van der Waals surface area (Å²) in [6.07, 6.45) is 4.82. The Labute approximate surface area is 74.5 Å². The molecule has 0 amide bonds. The third-order valence-corrected chi connectivity index (χ3v) is 4.85. The molecule has 0 aromatic carbocycles. The summed E-state index contributed by atoms with van der Waals surface area (Å²) in [5.41, 5.74) is 0.466. The lowest BCUT2D eigenvalue weighted by Gasteiger charge is -2.39. The molecule has 2 rings (SSSR count). The van der Waals surface area contributed by atoms with Crippen LogP contribution in [0, 0.1) is 22.7 Å². The van der Waals surface area contributed by atoms with Crippen LogP contribution < -0.4 is 0 Å². The number of hydrogen-bond donors (Lipinski definition) is 0. The highest BCUT2D eigenvalue weighted by molar-refractivity contribution is 5.62. The first-order valence-corrected chi connectivity index (χ1v) is 4.99. The molecule has 0 N–H and O–H groups in total. The van der Waals surface area contributed by atoms with Crippen molar-refractivity contribution in [3.63, 3.8) is 0 Å².